The van der Waals surface area contributed by atoms with Crippen molar-refractivity contribution in [2.24, 2.45) is 5.10 Å². The predicted octanol–water partition coefficient (Wildman–Crippen LogP) is 4.79. The molecule has 0 fully saturated rings. The van der Waals surface area contributed by atoms with Gasteiger partial charge < -0.3 is 5.11 Å². The van der Waals surface area contributed by atoms with Gasteiger partial charge in [-0.3, -0.25) is 5.43 Å². The molecule has 2 rings (SSSR count). The van der Waals surface area contributed by atoms with Gasteiger partial charge in [-0.05, 0) is 30.3 Å². The van der Waals surface area contributed by atoms with Gasteiger partial charge in [0.25, 0.3) is 0 Å². The van der Waals surface area contributed by atoms with Crippen LogP contribution in [0.1, 0.15) is 15.9 Å². The van der Waals surface area contributed by atoms with E-state index < -0.39 is 5.97 Å². The van der Waals surface area contributed by atoms with Crippen molar-refractivity contribution in [1.82, 2.24) is 0 Å². The number of anilines is 1. The predicted molar refractivity (Wildman–Crippen MR) is 86.1 cm³/mol. The lowest BCUT2D eigenvalue weighted by atomic mass is 10.2. The van der Waals surface area contributed by atoms with Crippen LogP contribution in [0.4, 0.5) is 5.69 Å². The Hall–Kier alpha value is -1.75. The van der Waals surface area contributed by atoms with E-state index in [9.17, 15) is 4.79 Å². The maximum absolute atomic E-state index is 10.9. The Kier molecular flexibility index (Phi) is 5.07. The Labute approximate surface area is 135 Å². The van der Waals surface area contributed by atoms with E-state index in [1.807, 2.05) is 0 Å². The number of hydrogen-bond donors (Lipinski definition) is 2. The van der Waals surface area contributed by atoms with Gasteiger partial charge in [-0.1, -0.05) is 40.9 Å². The first-order valence-electron chi connectivity index (χ1n) is 5.75. The molecule has 0 aromatic heterocycles. The molecule has 108 valence electrons. The largest absolute Gasteiger partial charge is 0.478 e. The van der Waals surface area contributed by atoms with Crippen LogP contribution in [-0.2, 0) is 0 Å². The molecule has 2 N–H and O–H groups in total. The Balaban J connectivity index is 2.18. The molecule has 0 spiro atoms. The Morgan fingerprint density at radius 2 is 1.86 bits per heavy atom. The molecule has 21 heavy (non-hydrogen) atoms. The van der Waals surface area contributed by atoms with Gasteiger partial charge >= 0.3 is 5.97 Å². The van der Waals surface area contributed by atoms with Gasteiger partial charge in [-0.2, -0.15) is 5.10 Å². The van der Waals surface area contributed by atoms with E-state index in [1.54, 1.807) is 24.3 Å². The molecule has 0 saturated carbocycles. The molecule has 0 aliphatic rings. The topological polar surface area (TPSA) is 61.7 Å². The molecular formula is C14H9Cl3N2O2. The molecule has 0 radical (unpaired) electrons. The monoisotopic (exact) mass is 342 g/mol. The first-order chi connectivity index (χ1) is 9.99. The van der Waals surface area contributed by atoms with Gasteiger partial charge in [0.15, 0.2) is 0 Å². The first kappa shape index (κ1) is 15.6. The minimum atomic E-state index is -1.01. The standard InChI is InChI=1S/C14H9Cl3N2O2/c15-11-4-5-12(16)13(17)10(11)7-18-19-9-3-1-2-8(6-9)14(20)21/h1-7,19H,(H,20,21)/b18-7+. The van der Waals surface area contributed by atoms with Gasteiger partial charge in [0.05, 0.1) is 32.5 Å². The second-order valence-corrected chi connectivity index (χ2v) is 5.21. The molecule has 2 aromatic rings. The summed E-state index contributed by atoms with van der Waals surface area (Å²) in [6.07, 6.45) is 1.42. The minimum absolute atomic E-state index is 0.161. The second-order valence-electron chi connectivity index (χ2n) is 4.01. The van der Waals surface area contributed by atoms with E-state index in [-0.39, 0.29) is 5.56 Å². The minimum Gasteiger partial charge on any atom is -0.478 e. The number of carbonyl (C=O) groups is 1. The third kappa shape index (κ3) is 3.88. The average molecular weight is 344 g/mol. The van der Waals surface area contributed by atoms with Crippen LogP contribution in [0.3, 0.4) is 0 Å². The summed E-state index contributed by atoms with van der Waals surface area (Å²) in [5.74, 6) is -1.01. The van der Waals surface area contributed by atoms with Gasteiger partial charge in [0.1, 0.15) is 0 Å². The molecule has 0 aliphatic carbocycles. The van der Waals surface area contributed by atoms with Crippen LogP contribution in [0, 0.1) is 0 Å². The molecule has 0 aliphatic heterocycles. The molecule has 0 atom stereocenters. The second kappa shape index (κ2) is 6.80. The number of nitrogens with one attached hydrogen (secondary N) is 1. The first-order valence-corrected chi connectivity index (χ1v) is 6.88. The average Bonchev–Trinajstić information content (AvgIpc) is 2.47. The lowest BCUT2D eigenvalue weighted by Crippen LogP contribution is -1.98. The number of hydrazone groups is 1. The van der Waals surface area contributed by atoms with Crippen LogP contribution in [0.2, 0.25) is 15.1 Å². The van der Waals surface area contributed by atoms with E-state index in [4.69, 9.17) is 39.9 Å². The maximum atomic E-state index is 10.9. The summed E-state index contributed by atoms with van der Waals surface area (Å²) in [6, 6.07) is 9.45. The lowest BCUT2D eigenvalue weighted by Gasteiger charge is -2.04. The normalized spacial score (nSPS) is 10.8. The Bertz CT molecular complexity index is 717. The van der Waals surface area contributed by atoms with E-state index in [0.717, 1.165) is 0 Å². The summed E-state index contributed by atoms with van der Waals surface area (Å²) in [5.41, 5.74) is 3.88. The van der Waals surface area contributed by atoms with Crippen LogP contribution in [0.15, 0.2) is 41.5 Å². The summed E-state index contributed by atoms with van der Waals surface area (Å²) in [4.78, 5) is 10.9. The highest BCUT2D eigenvalue weighted by Gasteiger charge is 2.07. The van der Waals surface area contributed by atoms with Crippen LogP contribution in [0.25, 0.3) is 0 Å². The van der Waals surface area contributed by atoms with Crippen molar-refractivity contribution in [2.75, 3.05) is 5.43 Å². The number of aromatic carboxylic acids is 1. The number of carboxylic acid groups (broad SMARTS) is 1. The number of rotatable bonds is 4. The fourth-order valence-electron chi connectivity index (χ4n) is 1.55. The number of hydrogen-bond acceptors (Lipinski definition) is 3. The lowest BCUT2D eigenvalue weighted by molar-refractivity contribution is 0.0697. The SMILES string of the molecule is O=C(O)c1cccc(N/N=C/c2c(Cl)ccc(Cl)c2Cl)c1. The Morgan fingerprint density at radius 3 is 2.57 bits per heavy atom. The quantitative estimate of drug-likeness (QED) is 0.476. The molecule has 0 saturated heterocycles. The zero-order valence-corrected chi connectivity index (χ0v) is 12.7. The molecule has 7 heteroatoms. The van der Waals surface area contributed by atoms with Crippen molar-refractivity contribution in [3.05, 3.63) is 62.6 Å². The summed E-state index contributed by atoms with van der Waals surface area (Å²) in [6.45, 7) is 0. The number of halogens is 3. The van der Waals surface area contributed by atoms with Gasteiger partial charge in [-0.15, -0.1) is 0 Å². The molecule has 0 amide bonds. The molecule has 0 bridgehead atoms. The van der Waals surface area contributed by atoms with Crippen molar-refractivity contribution >= 4 is 52.7 Å². The van der Waals surface area contributed by atoms with Crippen molar-refractivity contribution in [3.63, 3.8) is 0 Å². The fraction of sp³-hybridized carbons (Fsp3) is 0. The smallest absolute Gasteiger partial charge is 0.335 e. The zero-order chi connectivity index (χ0) is 15.4. The van der Waals surface area contributed by atoms with Crippen LogP contribution in [0.5, 0.6) is 0 Å². The van der Waals surface area contributed by atoms with Gasteiger partial charge in [0, 0.05) is 5.56 Å². The summed E-state index contributed by atoms with van der Waals surface area (Å²) in [5, 5.41) is 14.0. The van der Waals surface area contributed by atoms with Crippen molar-refractivity contribution in [1.29, 1.82) is 0 Å². The van der Waals surface area contributed by atoms with Crippen molar-refractivity contribution in [3.8, 4) is 0 Å². The van der Waals surface area contributed by atoms with E-state index in [0.29, 0.717) is 26.3 Å². The molecular weight excluding hydrogens is 335 g/mol. The van der Waals surface area contributed by atoms with E-state index >= 15 is 0 Å². The molecule has 0 unspecified atom stereocenters. The highest BCUT2D eigenvalue weighted by atomic mass is 35.5. The van der Waals surface area contributed by atoms with Crippen LogP contribution >= 0.6 is 34.8 Å². The third-order valence-corrected chi connectivity index (χ3v) is 3.72. The zero-order valence-electron chi connectivity index (χ0n) is 10.5. The van der Waals surface area contributed by atoms with Crippen molar-refractivity contribution in [2.45, 2.75) is 0 Å². The van der Waals surface area contributed by atoms with Gasteiger partial charge in [-0.25, -0.2) is 4.79 Å². The fourth-order valence-corrected chi connectivity index (χ4v) is 2.19. The number of nitrogens with zero attached hydrogens (tertiary/aromatic N) is 1. The van der Waals surface area contributed by atoms with E-state index in [2.05, 4.69) is 10.5 Å². The number of carboxylic acids is 1. The molecule has 4 nitrogen and oxygen atoms in total. The number of benzene rings is 2. The maximum Gasteiger partial charge on any atom is 0.335 e. The highest BCUT2D eigenvalue weighted by Crippen LogP contribution is 2.30. The van der Waals surface area contributed by atoms with E-state index in [1.165, 1.54) is 18.3 Å². The third-order valence-electron chi connectivity index (χ3n) is 2.58. The molecule has 2 aromatic carbocycles. The highest BCUT2D eigenvalue weighted by molar-refractivity contribution is 6.45. The summed E-state index contributed by atoms with van der Waals surface area (Å²) in [7, 11) is 0. The van der Waals surface area contributed by atoms with Crippen LogP contribution < -0.4 is 5.43 Å². The van der Waals surface area contributed by atoms with Crippen LogP contribution in [-0.4, -0.2) is 17.3 Å². The van der Waals surface area contributed by atoms with Crippen molar-refractivity contribution < 1.29 is 9.90 Å². The molecule has 0 heterocycles. The summed E-state index contributed by atoms with van der Waals surface area (Å²) < 4.78 is 0. The van der Waals surface area contributed by atoms with Gasteiger partial charge in [0.2, 0.25) is 0 Å². The Morgan fingerprint density at radius 1 is 1.14 bits per heavy atom. The summed E-state index contributed by atoms with van der Waals surface area (Å²) >= 11 is 17.9.